The molecule has 0 bridgehead atoms. The summed E-state index contributed by atoms with van der Waals surface area (Å²) in [5.74, 6) is -3.86. The van der Waals surface area contributed by atoms with Crippen molar-refractivity contribution in [3.8, 4) is 23.3 Å². The molecule has 10 nitrogen and oxygen atoms in total. The molecule has 1 N–H and O–H groups in total. The van der Waals surface area contributed by atoms with E-state index in [-0.39, 0.29) is 28.9 Å². The molecular formula is C19H13ClF4N4O6. The van der Waals surface area contributed by atoms with E-state index in [0.717, 1.165) is 0 Å². The Morgan fingerprint density at radius 2 is 1.97 bits per heavy atom. The minimum atomic E-state index is -5.02. The molecule has 0 atom stereocenters. The summed E-state index contributed by atoms with van der Waals surface area (Å²) in [5, 5.41) is -0.419. The summed E-state index contributed by atoms with van der Waals surface area (Å²) in [6, 6.07) is 3.44. The molecule has 15 heteroatoms. The number of rotatable bonds is 7. The Labute approximate surface area is 191 Å². The highest BCUT2D eigenvalue weighted by molar-refractivity contribution is 6.31. The van der Waals surface area contributed by atoms with Crippen LogP contribution >= 0.6 is 11.6 Å². The number of alkyl halides is 3. The summed E-state index contributed by atoms with van der Waals surface area (Å²) < 4.78 is 68.4. The van der Waals surface area contributed by atoms with Crippen molar-refractivity contribution in [3.05, 3.63) is 67.8 Å². The van der Waals surface area contributed by atoms with Gasteiger partial charge in [0.1, 0.15) is 10.7 Å². The normalized spacial score (nSPS) is 11.2. The minimum Gasteiger partial charge on any atom is -0.463 e. The molecule has 0 fully saturated rings. The highest BCUT2D eigenvalue weighted by atomic mass is 35.5. The van der Waals surface area contributed by atoms with Crippen LogP contribution in [0.5, 0.6) is 17.5 Å². The standard InChI is InChI=1S/C19H13ClF4N4O6/c1-2-32-14(30)8-33-17-11(4-3-5-25-17)34-16-9(20)6-10(21)15(27-16)28-13(29)7-12(19(22,23)24)26-18(28)31/h3-7H,2,8H2,1H3,(H,26,31). The number of nitrogens with one attached hydrogen (secondary N) is 1. The molecule has 0 aliphatic rings. The molecule has 0 unspecified atom stereocenters. The van der Waals surface area contributed by atoms with Crippen LogP contribution < -0.4 is 20.7 Å². The van der Waals surface area contributed by atoms with Crippen molar-refractivity contribution < 1.29 is 36.6 Å². The van der Waals surface area contributed by atoms with Crippen molar-refractivity contribution in [3.63, 3.8) is 0 Å². The maximum atomic E-state index is 14.5. The molecule has 0 spiro atoms. The highest BCUT2D eigenvalue weighted by Gasteiger charge is 2.33. The molecule has 0 aromatic carbocycles. The van der Waals surface area contributed by atoms with E-state index in [4.69, 9.17) is 25.8 Å². The lowest BCUT2D eigenvalue weighted by Gasteiger charge is -2.13. The number of ether oxygens (including phenoxy) is 3. The summed E-state index contributed by atoms with van der Waals surface area (Å²) in [4.78, 5) is 44.8. The summed E-state index contributed by atoms with van der Waals surface area (Å²) in [5.41, 5.74) is -4.72. The van der Waals surface area contributed by atoms with Gasteiger partial charge in [0.15, 0.2) is 24.0 Å². The number of nitrogens with zero attached hydrogens (tertiary/aromatic N) is 3. The number of aromatic amines is 1. The van der Waals surface area contributed by atoms with Crippen LogP contribution in [0.3, 0.4) is 0 Å². The molecule has 0 radical (unpaired) electrons. The van der Waals surface area contributed by atoms with Gasteiger partial charge in [-0.05, 0) is 19.1 Å². The smallest absolute Gasteiger partial charge is 0.431 e. The van der Waals surface area contributed by atoms with E-state index in [1.54, 1.807) is 6.92 Å². The molecule has 0 aliphatic heterocycles. The zero-order valence-corrected chi connectivity index (χ0v) is 17.7. The lowest BCUT2D eigenvalue weighted by Crippen LogP contribution is -2.36. The molecule has 3 aromatic heterocycles. The number of esters is 1. The Kier molecular flexibility index (Phi) is 7.20. The third-order valence-corrected chi connectivity index (χ3v) is 4.17. The molecule has 0 amide bonds. The van der Waals surface area contributed by atoms with Crippen LogP contribution in [0, 0.1) is 5.82 Å². The van der Waals surface area contributed by atoms with Crippen molar-refractivity contribution in [2.24, 2.45) is 0 Å². The number of pyridine rings is 2. The average Bonchev–Trinajstić information content (AvgIpc) is 2.75. The van der Waals surface area contributed by atoms with E-state index in [2.05, 4.69) is 9.97 Å². The van der Waals surface area contributed by atoms with Gasteiger partial charge in [0.05, 0.1) is 6.61 Å². The zero-order valence-electron chi connectivity index (χ0n) is 17.0. The Balaban J connectivity index is 2.00. The van der Waals surface area contributed by atoms with Crippen LogP contribution in [0.2, 0.25) is 5.02 Å². The van der Waals surface area contributed by atoms with Gasteiger partial charge < -0.3 is 19.2 Å². The van der Waals surface area contributed by atoms with Crippen LogP contribution in [0.15, 0.2) is 40.1 Å². The monoisotopic (exact) mass is 504 g/mol. The van der Waals surface area contributed by atoms with E-state index >= 15 is 0 Å². The third-order valence-electron chi connectivity index (χ3n) is 3.90. The number of H-pyrrole nitrogens is 1. The average molecular weight is 505 g/mol. The van der Waals surface area contributed by atoms with Gasteiger partial charge in [-0.1, -0.05) is 11.6 Å². The lowest BCUT2D eigenvalue weighted by molar-refractivity contribution is -0.145. The number of halogens is 5. The SMILES string of the molecule is CCOC(=O)COc1ncccc1Oc1nc(-n2c(=O)cc(C(F)(F)F)[nH]c2=O)c(F)cc1Cl. The first-order chi connectivity index (χ1) is 16.0. The van der Waals surface area contributed by atoms with Gasteiger partial charge in [-0.25, -0.2) is 23.5 Å². The molecule has 3 heterocycles. The second-order valence-electron chi connectivity index (χ2n) is 6.24. The lowest BCUT2D eigenvalue weighted by atomic mass is 10.3. The summed E-state index contributed by atoms with van der Waals surface area (Å²) in [7, 11) is 0. The van der Waals surface area contributed by atoms with Gasteiger partial charge in [0.2, 0.25) is 5.88 Å². The van der Waals surface area contributed by atoms with Crippen molar-refractivity contribution >= 4 is 17.6 Å². The number of hydrogen-bond donors (Lipinski definition) is 1. The largest absolute Gasteiger partial charge is 0.463 e. The minimum absolute atomic E-state index is 0.0369. The van der Waals surface area contributed by atoms with Crippen molar-refractivity contribution in [1.29, 1.82) is 0 Å². The molecule has 3 aromatic rings. The fourth-order valence-electron chi connectivity index (χ4n) is 2.51. The summed E-state index contributed by atoms with van der Waals surface area (Å²) in [6.07, 6.45) is -3.71. The molecule has 0 saturated carbocycles. The van der Waals surface area contributed by atoms with Crippen molar-refractivity contribution in [1.82, 2.24) is 19.5 Å². The number of carbonyl (C=O) groups is 1. The topological polar surface area (TPSA) is 125 Å². The second-order valence-corrected chi connectivity index (χ2v) is 6.65. The van der Waals surface area contributed by atoms with E-state index in [0.29, 0.717) is 6.07 Å². The van der Waals surface area contributed by atoms with E-state index in [1.807, 2.05) is 0 Å². The molecule has 0 aliphatic carbocycles. The van der Waals surface area contributed by atoms with Crippen LogP contribution in [-0.4, -0.2) is 38.7 Å². The first-order valence-electron chi connectivity index (χ1n) is 9.22. The van der Waals surface area contributed by atoms with Gasteiger partial charge >= 0.3 is 17.8 Å². The molecule has 3 rings (SSSR count). The Hall–Kier alpha value is -3.94. The molecule has 0 saturated heterocycles. The Morgan fingerprint density at radius 1 is 1.24 bits per heavy atom. The maximum absolute atomic E-state index is 14.5. The Bertz CT molecular complexity index is 1310. The fourth-order valence-corrected chi connectivity index (χ4v) is 2.69. The van der Waals surface area contributed by atoms with Gasteiger partial charge in [0, 0.05) is 18.3 Å². The highest BCUT2D eigenvalue weighted by Crippen LogP contribution is 2.33. The fraction of sp³-hybridized carbons (Fsp3) is 0.211. The molecule has 34 heavy (non-hydrogen) atoms. The first kappa shape index (κ1) is 24.7. The van der Waals surface area contributed by atoms with Crippen molar-refractivity contribution in [2.45, 2.75) is 13.1 Å². The van der Waals surface area contributed by atoms with Crippen molar-refractivity contribution in [2.75, 3.05) is 13.2 Å². The summed E-state index contributed by atoms with van der Waals surface area (Å²) in [6.45, 7) is 1.20. The number of aromatic nitrogens is 4. The predicted octanol–water partition coefficient (Wildman–Crippen LogP) is 2.86. The quantitative estimate of drug-likeness (QED) is 0.384. The predicted molar refractivity (Wildman–Crippen MR) is 107 cm³/mol. The van der Waals surface area contributed by atoms with E-state index < -0.39 is 58.2 Å². The van der Waals surface area contributed by atoms with Gasteiger partial charge in [-0.3, -0.25) is 4.79 Å². The summed E-state index contributed by atoms with van der Waals surface area (Å²) >= 11 is 5.94. The first-order valence-corrected chi connectivity index (χ1v) is 9.60. The van der Waals surface area contributed by atoms with Gasteiger partial charge in [-0.15, -0.1) is 0 Å². The van der Waals surface area contributed by atoms with Crippen LogP contribution in [0.1, 0.15) is 12.6 Å². The van der Waals surface area contributed by atoms with Gasteiger partial charge in [-0.2, -0.15) is 18.2 Å². The number of hydrogen-bond acceptors (Lipinski definition) is 8. The van der Waals surface area contributed by atoms with Crippen LogP contribution in [-0.2, 0) is 15.7 Å². The van der Waals surface area contributed by atoms with Crippen LogP contribution in [0.25, 0.3) is 5.82 Å². The molecular weight excluding hydrogens is 492 g/mol. The van der Waals surface area contributed by atoms with Crippen LogP contribution in [0.4, 0.5) is 17.6 Å². The zero-order chi connectivity index (χ0) is 25.0. The number of carbonyl (C=O) groups excluding carboxylic acids is 1. The van der Waals surface area contributed by atoms with E-state index in [9.17, 15) is 31.9 Å². The third kappa shape index (κ3) is 5.51. The Morgan fingerprint density at radius 3 is 2.62 bits per heavy atom. The second kappa shape index (κ2) is 9.91. The van der Waals surface area contributed by atoms with Gasteiger partial charge in [0.25, 0.3) is 11.4 Å². The maximum Gasteiger partial charge on any atom is 0.431 e. The van der Waals surface area contributed by atoms with E-state index in [1.165, 1.54) is 23.3 Å². The molecule has 180 valence electrons.